The molecule has 0 radical (unpaired) electrons. The summed E-state index contributed by atoms with van der Waals surface area (Å²) in [4.78, 5) is 0. The van der Waals surface area contributed by atoms with Gasteiger partial charge in [0.15, 0.2) is 0 Å². The zero-order valence-corrected chi connectivity index (χ0v) is 9.93. The molecular weight excluding hydrogens is 222 g/mol. The highest BCUT2D eigenvalue weighted by Crippen LogP contribution is 2.25. The lowest BCUT2D eigenvalue weighted by molar-refractivity contribution is 0.473. The van der Waals surface area contributed by atoms with Gasteiger partial charge >= 0.3 is 0 Å². The zero-order valence-electron chi connectivity index (χ0n) is 9.93. The summed E-state index contributed by atoms with van der Waals surface area (Å²) >= 11 is 0. The predicted molar refractivity (Wildman–Crippen MR) is 72.2 cm³/mol. The van der Waals surface area contributed by atoms with Crippen molar-refractivity contribution < 1.29 is 5.11 Å². The SMILES string of the molecule is C=CCc1ccc(-c2ccc(O)c(C#N)c2)cc1. The first-order valence-electron chi connectivity index (χ1n) is 5.68. The molecule has 0 saturated carbocycles. The lowest BCUT2D eigenvalue weighted by atomic mass is 10.0. The molecule has 2 aromatic carbocycles. The lowest BCUT2D eigenvalue weighted by Crippen LogP contribution is -1.84. The maximum atomic E-state index is 9.46. The average Bonchev–Trinajstić information content (AvgIpc) is 2.41. The summed E-state index contributed by atoms with van der Waals surface area (Å²) in [7, 11) is 0. The van der Waals surface area contributed by atoms with Crippen LogP contribution < -0.4 is 0 Å². The molecule has 0 aromatic heterocycles. The summed E-state index contributed by atoms with van der Waals surface area (Å²) in [6, 6.07) is 15.1. The highest BCUT2D eigenvalue weighted by atomic mass is 16.3. The summed E-state index contributed by atoms with van der Waals surface area (Å²) in [5.74, 6) is 0.0181. The molecule has 0 amide bonds. The Morgan fingerprint density at radius 3 is 2.39 bits per heavy atom. The second kappa shape index (κ2) is 5.20. The van der Waals surface area contributed by atoms with Crippen molar-refractivity contribution in [2.75, 3.05) is 0 Å². The molecule has 2 rings (SSSR count). The van der Waals surface area contributed by atoms with Crippen LogP contribution in [-0.2, 0) is 6.42 Å². The number of hydrogen-bond acceptors (Lipinski definition) is 2. The molecule has 0 aliphatic rings. The van der Waals surface area contributed by atoms with E-state index in [1.165, 1.54) is 5.56 Å². The van der Waals surface area contributed by atoms with Gasteiger partial charge in [-0.1, -0.05) is 36.4 Å². The smallest absolute Gasteiger partial charge is 0.133 e. The Bertz CT molecular complexity index is 606. The molecule has 0 unspecified atom stereocenters. The van der Waals surface area contributed by atoms with E-state index in [1.807, 2.05) is 36.4 Å². The third kappa shape index (κ3) is 2.41. The number of phenolic OH excluding ortho intramolecular Hbond substituents is 1. The summed E-state index contributed by atoms with van der Waals surface area (Å²) in [6.07, 6.45) is 2.71. The van der Waals surface area contributed by atoms with Crippen molar-refractivity contribution in [2.45, 2.75) is 6.42 Å². The van der Waals surface area contributed by atoms with Crippen molar-refractivity contribution in [3.8, 4) is 22.9 Å². The Labute approximate surface area is 106 Å². The van der Waals surface area contributed by atoms with Gasteiger partial charge in [0.05, 0.1) is 5.56 Å². The van der Waals surface area contributed by atoms with Crippen molar-refractivity contribution in [1.82, 2.24) is 0 Å². The van der Waals surface area contributed by atoms with Crippen LogP contribution in [0, 0.1) is 11.3 Å². The van der Waals surface area contributed by atoms with Gasteiger partial charge in [-0.2, -0.15) is 5.26 Å². The van der Waals surface area contributed by atoms with Crippen LogP contribution in [0.25, 0.3) is 11.1 Å². The van der Waals surface area contributed by atoms with Crippen molar-refractivity contribution in [3.63, 3.8) is 0 Å². The van der Waals surface area contributed by atoms with E-state index in [1.54, 1.807) is 18.2 Å². The minimum atomic E-state index is 0.0181. The minimum absolute atomic E-state index is 0.0181. The van der Waals surface area contributed by atoms with Gasteiger partial charge in [-0.05, 0) is 35.2 Å². The van der Waals surface area contributed by atoms with Crippen LogP contribution in [0.2, 0.25) is 0 Å². The molecule has 2 heteroatoms. The van der Waals surface area contributed by atoms with Crippen molar-refractivity contribution >= 4 is 0 Å². The molecule has 0 saturated heterocycles. The number of hydrogen-bond donors (Lipinski definition) is 1. The normalized spacial score (nSPS) is 9.72. The minimum Gasteiger partial charge on any atom is -0.507 e. The third-order valence-corrected chi connectivity index (χ3v) is 2.78. The van der Waals surface area contributed by atoms with Gasteiger partial charge in [0.2, 0.25) is 0 Å². The Balaban J connectivity index is 2.37. The largest absolute Gasteiger partial charge is 0.507 e. The molecule has 2 nitrogen and oxygen atoms in total. The quantitative estimate of drug-likeness (QED) is 0.825. The molecule has 0 heterocycles. The van der Waals surface area contributed by atoms with Crippen LogP contribution >= 0.6 is 0 Å². The number of nitrogens with zero attached hydrogens (tertiary/aromatic N) is 1. The Morgan fingerprint density at radius 2 is 1.78 bits per heavy atom. The van der Waals surface area contributed by atoms with Crippen LogP contribution in [0.4, 0.5) is 0 Å². The number of benzene rings is 2. The van der Waals surface area contributed by atoms with Crippen molar-refractivity contribution in [2.24, 2.45) is 0 Å². The highest BCUT2D eigenvalue weighted by Gasteiger charge is 2.03. The molecule has 0 fully saturated rings. The van der Waals surface area contributed by atoms with Crippen molar-refractivity contribution in [1.29, 1.82) is 5.26 Å². The van der Waals surface area contributed by atoms with Gasteiger partial charge in [-0.3, -0.25) is 0 Å². The molecule has 0 bridgehead atoms. The number of aromatic hydroxyl groups is 1. The summed E-state index contributed by atoms with van der Waals surface area (Å²) in [6.45, 7) is 3.71. The standard InChI is InChI=1S/C16H13NO/c1-2-3-12-4-6-13(7-5-12)14-8-9-16(18)15(10-14)11-17/h2,4-10,18H,1,3H2. The summed E-state index contributed by atoms with van der Waals surface area (Å²) in [5.41, 5.74) is 3.45. The van der Waals surface area contributed by atoms with Crippen LogP contribution in [0.15, 0.2) is 55.1 Å². The Hall–Kier alpha value is -2.53. The first-order valence-corrected chi connectivity index (χ1v) is 5.68. The van der Waals surface area contributed by atoms with Gasteiger partial charge in [-0.25, -0.2) is 0 Å². The maximum absolute atomic E-state index is 9.46. The first kappa shape index (κ1) is 11.9. The van der Waals surface area contributed by atoms with Crippen LogP contribution in [0.1, 0.15) is 11.1 Å². The number of rotatable bonds is 3. The van der Waals surface area contributed by atoms with Crippen LogP contribution in [0.5, 0.6) is 5.75 Å². The van der Waals surface area contributed by atoms with E-state index in [-0.39, 0.29) is 5.75 Å². The predicted octanol–water partition coefficient (Wildman–Crippen LogP) is 3.66. The number of phenols is 1. The van der Waals surface area contributed by atoms with Gasteiger partial charge in [0.1, 0.15) is 11.8 Å². The molecule has 88 valence electrons. The maximum Gasteiger partial charge on any atom is 0.133 e. The van der Waals surface area contributed by atoms with E-state index in [2.05, 4.69) is 6.58 Å². The van der Waals surface area contributed by atoms with Gasteiger partial charge in [-0.15, -0.1) is 6.58 Å². The molecular formula is C16H13NO. The average molecular weight is 235 g/mol. The molecule has 1 N–H and O–H groups in total. The fourth-order valence-electron chi connectivity index (χ4n) is 1.81. The van der Waals surface area contributed by atoms with Gasteiger partial charge < -0.3 is 5.11 Å². The van der Waals surface area contributed by atoms with Crippen molar-refractivity contribution in [3.05, 3.63) is 66.2 Å². The summed E-state index contributed by atoms with van der Waals surface area (Å²) in [5, 5.41) is 18.3. The number of allylic oxidation sites excluding steroid dienone is 1. The second-order valence-corrected chi connectivity index (χ2v) is 4.03. The van der Waals surface area contributed by atoms with E-state index in [9.17, 15) is 5.11 Å². The zero-order chi connectivity index (χ0) is 13.0. The Kier molecular flexibility index (Phi) is 3.45. The Morgan fingerprint density at radius 1 is 1.11 bits per heavy atom. The summed E-state index contributed by atoms with van der Waals surface area (Å²) < 4.78 is 0. The van der Waals surface area contributed by atoms with Crippen LogP contribution in [0.3, 0.4) is 0 Å². The third-order valence-electron chi connectivity index (χ3n) is 2.78. The molecule has 0 aliphatic heterocycles. The fourth-order valence-corrected chi connectivity index (χ4v) is 1.81. The number of nitriles is 1. The monoisotopic (exact) mass is 235 g/mol. The topological polar surface area (TPSA) is 44.0 Å². The molecule has 0 spiro atoms. The highest BCUT2D eigenvalue weighted by molar-refractivity contribution is 5.67. The van der Waals surface area contributed by atoms with E-state index in [0.717, 1.165) is 17.5 Å². The molecule has 18 heavy (non-hydrogen) atoms. The molecule has 2 aromatic rings. The van der Waals surface area contributed by atoms with E-state index in [4.69, 9.17) is 5.26 Å². The fraction of sp³-hybridized carbons (Fsp3) is 0.0625. The van der Waals surface area contributed by atoms with Crippen LogP contribution in [-0.4, -0.2) is 5.11 Å². The molecule has 0 atom stereocenters. The van der Waals surface area contributed by atoms with E-state index < -0.39 is 0 Å². The molecule has 0 aliphatic carbocycles. The van der Waals surface area contributed by atoms with Gasteiger partial charge in [0.25, 0.3) is 0 Å². The second-order valence-electron chi connectivity index (χ2n) is 4.03. The van der Waals surface area contributed by atoms with E-state index in [0.29, 0.717) is 5.56 Å². The first-order chi connectivity index (χ1) is 8.74. The van der Waals surface area contributed by atoms with E-state index >= 15 is 0 Å². The lowest BCUT2D eigenvalue weighted by Gasteiger charge is -2.04. The van der Waals surface area contributed by atoms with Gasteiger partial charge in [0, 0.05) is 0 Å².